The Morgan fingerprint density at radius 3 is 2.45 bits per heavy atom. The van der Waals surface area contributed by atoms with Crippen LogP contribution >= 0.6 is 0 Å². The number of benzene rings is 2. The lowest BCUT2D eigenvalue weighted by atomic mass is 9.98. The third kappa shape index (κ3) is 4.83. The summed E-state index contributed by atoms with van der Waals surface area (Å²) in [5.41, 5.74) is 1.83. The van der Waals surface area contributed by atoms with Crippen molar-refractivity contribution in [2.24, 2.45) is 0 Å². The molecule has 0 bridgehead atoms. The smallest absolute Gasteiger partial charge is 0.255 e. The summed E-state index contributed by atoms with van der Waals surface area (Å²) in [7, 11) is -4.04. The number of amides is 1. The lowest BCUT2D eigenvalue weighted by Gasteiger charge is -2.26. The van der Waals surface area contributed by atoms with Gasteiger partial charge in [0.05, 0.1) is 13.2 Å². The second-order valence-electron chi connectivity index (χ2n) is 7.05. The van der Waals surface area contributed by atoms with Gasteiger partial charge in [-0.25, -0.2) is 12.8 Å². The van der Waals surface area contributed by atoms with Crippen molar-refractivity contribution in [2.45, 2.75) is 31.1 Å². The molecular weight excluding hydrogens is 395 g/mol. The quantitative estimate of drug-likeness (QED) is 0.775. The normalized spacial score (nSPS) is 16.4. The van der Waals surface area contributed by atoms with Crippen LogP contribution in [0.15, 0.2) is 47.4 Å². The van der Waals surface area contributed by atoms with Gasteiger partial charge in [-0.2, -0.15) is 4.31 Å². The number of ether oxygens (including phenoxy) is 1. The number of sulfonamides is 1. The fraction of sp³-hybridized carbons (Fsp3) is 0.381. The highest BCUT2D eigenvalue weighted by Gasteiger charge is 2.29. The molecule has 6 nitrogen and oxygen atoms in total. The maximum Gasteiger partial charge on any atom is 0.255 e. The molecule has 0 spiro atoms. The van der Waals surface area contributed by atoms with E-state index in [9.17, 15) is 17.6 Å². The lowest BCUT2D eigenvalue weighted by molar-refractivity contribution is 0.0729. The molecule has 1 amide bonds. The zero-order valence-corrected chi connectivity index (χ0v) is 17.3. The molecule has 2 aromatic carbocycles. The van der Waals surface area contributed by atoms with Crippen molar-refractivity contribution in [3.8, 4) is 0 Å². The zero-order valence-electron chi connectivity index (χ0n) is 16.5. The Morgan fingerprint density at radius 2 is 1.83 bits per heavy atom. The average molecular weight is 421 g/mol. The van der Waals surface area contributed by atoms with E-state index in [0.717, 1.165) is 18.6 Å². The van der Waals surface area contributed by atoms with E-state index in [1.54, 1.807) is 12.1 Å². The highest BCUT2D eigenvalue weighted by molar-refractivity contribution is 7.89. The van der Waals surface area contributed by atoms with E-state index in [2.05, 4.69) is 19.2 Å². The van der Waals surface area contributed by atoms with E-state index in [1.807, 2.05) is 12.1 Å². The van der Waals surface area contributed by atoms with Gasteiger partial charge in [0.1, 0.15) is 10.7 Å². The largest absolute Gasteiger partial charge is 0.379 e. The second kappa shape index (κ2) is 9.02. The Bertz CT molecular complexity index is 971. The summed E-state index contributed by atoms with van der Waals surface area (Å²) in [6.07, 6.45) is 1.02. The number of nitrogens with one attached hydrogen (secondary N) is 1. The van der Waals surface area contributed by atoms with E-state index in [1.165, 1.54) is 15.9 Å². The Kier molecular flexibility index (Phi) is 6.66. The van der Waals surface area contributed by atoms with E-state index in [0.29, 0.717) is 11.6 Å². The number of rotatable bonds is 6. The number of hydrogen-bond donors (Lipinski definition) is 1. The van der Waals surface area contributed by atoms with Crippen LogP contribution in [0.3, 0.4) is 0 Å². The molecule has 0 aromatic heterocycles. The van der Waals surface area contributed by atoms with Gasteiger partial charge >= 0.3 is 0 Å². The van der Waals surface area contributed by atoms with E-state index >= 15 is 0 Å². The molecule has 0 unspecified atom stereocenters. The summed E-state index contributed by atoms with van der Waals surface area (Å²) in [6.45, 7) is 5.06. The molecule has 1 aliphatic heterocycles. The summed E-state index contributed by atoms with van der Waals surface area (Å²) < 4.78 is 46.2. The Labute approximate surface area is 170 Å². The first-order valence-corrected chi connectivity index (χ1v) is 11.1. The van der Waals surface area contributed by atoms with Crippen LogP contribution in [-0.4, -0.2) is 44.9 Å². The van der Waals surface area contributed by atoms with Gasteiger partial charge in [-0.3, -0.25) is 4.79 Å². The van der Waals surface area contributed by atoms with Crippen molar-refractivity contribution in [2.75, 3.05) is 31.6 Å². The van der Waals surface area contributed by atoms with Gasteiger partial charge in [-0.1, -0.05) is 26.0 Å². The first-order chi connectivity index (χ1) is 13.8. The number of nitrogens with zero attached hydrogens (tertiary/aromatic N) is 1. The fourth-order valence-corrected chi connectivity index (χ4v) is 4.60. The number of carbonyl (C=O) groups excluding carboxylic acids is 1. The molecule has 1 heterocycles. The average Bonchev–Trinajstić information content (AvgIpc) is 2.74. The van der Waals surface area contributed by atoms with Gasteiger partial charge < -0.3 is 10.1 Å². The maximum atomic E-state index is 14.3. The summed E-state index contributed by atoms with van der Waals surface area (Å²) >= 11 is 0. The van der Waals surface area contributed by atoms with Crippen molar-refractivity contribution in [3.05, 3.63) is 59.4 Å². The van der Waals surface area contributed by atoms with Crippen molar-refractivity contribution in [1.82, 2.24) is 4.31 Å². The van der Waals surface area contributed by atoms with E-state index in [4.69, 9.17) is 4.74 Å². The predicted molar refractivity (Wildman–Crippen MR) is 109 cm³/mol. The molecular formula is C21H25FN2O4S. The van der Waals surface area contributed by atoms with Crippen LogP contribution in [0.5, 0.6) is 0 Å². The minimum atomic E-state index is -4.04. The van der Waals surface area contributed by atoms with E-state index < -0.39 is 26.6 Å². The Balaban J connectivity index is 1.80. The highest BCUT2D eigenvalue weighted by Crippen LogP contribution is 2.23. The zero-order chi connectivity index (χ0) is 21.0. The number of carbonyl (C=O) groups is 1. The van der Waals surface area contributed by atoms with Crippen LogP contribution in [0.1, 0.15) is 42.1 Å². The number of halogens is 1. The van der Waals surface area contributed by atoms with Crippen molar-refractivity contribution in [1.29, 1.82) is 0 Å². The molecule has 1 atom stereocenters. The number of anilines is 1. The minimum absolute atomic E-state index is 0.0734. The van der Waals surface area contributed by atoms with Crippen LogP contribution < -0.4 is 5.32 Å². The molecule has 0 aliphatic carbocycles. The number of hydrogen-bond acceptors (Lipinski definition) is 4. The molecule has 0 saturated carbocycles. The summed E-state index contributed by atoms with van der Waals surface area (Å²) in [6, 6.07) is 10.9. The predicted octanol–water partition coefficient (Wildman–Crippen LogP) is 3.61. The fourth-order valence-electron chi connectivity index (χ4n) is 3.10. The number of morpholine rings is 1. The molecule has 1 fully saturated rings. The van der Waals surface area contributed by atoms with Gasteiger partial charge in [-0.15, -0.1) is 0 Å². The maximum absolute atomic E-state index is 14.3. The van der Waals surface area contributed by atoms with Gasteiger partial charge in [0.25, 0.3) is 5.91 Å². The topological polar surface area (TPSA) is 75.7 Å². The van der Waals surface area contributed by atoms with Crippen LogP contribution in [0.25, 0.3) is 0 Å². The van der Waals surface area contributed by atoms with Gasteiger partial charge in [-0.05, 0) is 48.2 Å². The molecule has 2 aromatic rings. The third-order valence-electron chi connectivity index (χ3n) is 5.13. The van der Waals surface area contributed by atoms with Crippen LogP contribution in [0.2, 0.25) is 0 Å². The Morgan fingerprint density at radius 1 is 1.17 bits per heavy atom. The summed E-state index contributed by atoms with van der Waals surface area (Å²) in [5, 5.41) is 2.73. The Hall–Kier alpha value is -2.29. The molecule has 8 heteroatoms. The van der Waals surface area contributed by atoms with Gasteiger partial charge in [0, 0.05) is 24.3 Å². The third-order valence-corrected chi connectivity index (χ3v) is 7.04. The van der Waals surface area contributed by atoms with Crippen molar-refractivity contribution >= 4 is 21.6 Å². The SMILES string of the molecule is CC[C@H](C)c1ccc(NC(=O)c2ccc(F)c(S(=O)(=O)N3CCOCC3)c2)cc1. The van der Waals surface area contributed by atoms with Crippen molar-refractivity contribution in [3.63, 3.8) is 0 Å². The molecule has 0 radical (unpaired) electrons. The lowest BCUT2D eigenvalue weighted by Crippen LogP contribution is -2.41. The van der Waals surface area contributed by atoms with E-state index in [-0.39, 0.29) is 31.9 Å². The monoisotopic (exact) mass is 420 g/mol. The molecule has 1 N–H and O–H groups in total. The summed E-state index contributed by atoms with van der Waals surface area (Å²) in [5.74, 6) is -0.963. The highest BCUT2D eigenvalue weighted by atomic mass is 32.2. The van der Waals surface area contributed by atoms with Crippen molar-refractivity contribution < 1.29 is 22.3 Å². The first kappa shape index (κ1) is 21.4. The van der Waals surface area contributed by atoms with Gasteiger partial charge in [0.15, 0.2) is 0 Å². The molecule has 1 aliphatic rings. The molecule has 3 rings (SSSR count). The minimum Gasteiger partial charge on any atom is -0.379 e. The molecule has 1 saturated heterocycles. The second-order valence-corrected chi connectivity index (χ2v) is 8.95. The van der Waals surface area contributed by atoms with Gasteiger partial charge in [0.2, 0.25) is 10.0 Å². The molecule has 29 heavy (non-hydrogen) atoms. The first-order valence-electron chi connectivity index (χ1n) is 9.61. The van der Waals surface area contributed by atoms with Crippen LogP contribution in [0.4, 0.5) is 10.1 Å². The summed E-state index contributed by atoms with van der Waals surface area (Å²) in [4.78, 5) is 12.1. The van der Waals surface area contributed by atoms with Crippen LogP contribution in [-0.2, 0) is 14.8 Å². The standard InChI is InChI=1S/C21H25FN2O4S/c1-3-15(2)16-4-7-18(8-5-16)23-21(25)17-6-9-19(22)20(14-17)29(26,27)24-10-12-28-13-11-24/h4-9,14-15H,3,10-13H2,1-2H3,(H,23,25)/t15-/m0/s1. The van der Waals surface area contributed by atoms with Crippen LogP contribution in [0, 0.1) is 5.82 Å². The molecule has 156 valence electrons.